The molecule has 0 aromatic heterocycles. The molecular weight excluding hydrogens is 280 g/mol. The monoisotopic (exact) mass is 298 g/mol. The number of anilines is 1. The summed E-state index contributed by atoms with van der Waals surface area (Å²) in [7, 11) is 1.83. The van der Waals surface area contributed by atoms with Gasteiger partial charge in [-0.05, 0) is 54.4 Å². The molecule has 0 atom stereocenters. The van der Waals surface area contributed by atoms with Crippen molar-refractivity contribution < 1.29 is 4.79 Å². The Hall–Kier alpha value is -1.03. The predicted molar refractivity (Wildman–Crippen MR) is 75.0 cm³/mol. The van der Waals surface area contributed by atoms with E-state index in [4.69, 9.17) is 5.73 Å². The number of halogens is 1. The van der Waals surface area contributed by atoms with Gasteiger partial charge in [-0.25, -0.2) is 0 Å². The van der Waals surface area contributed by atoms with Gasteiger partial charge in [0.15, 0.2) is 0 Å². The smallest absolute Gasteiger partial charge is 0.254 e. The number of benzene rings is 1. The Morgan fingerprint density at radius 1 is 1.47 bits per heavy atom. The van der Waals surface area contributed by atoms with E-state index in [1.165, 1.54) is 0 Å². The van der Waals surface area contributed by atoms with Crippen molar-refractivity contribution in [3.05, 3.63) is 28.2 Å². The maximum Gasteiger partial charge on any atom is 0.254 e. The molecule has 0 fully saturated rings. The second-order valence-electron chi connectivity index (χ2n) is 4.77. The molecule has 1 aromatic rings. The van der Waals surface area contributed by atoms with Crippen LogP contribution in [0.15, 0.2) is 22.7 Å². The molecule has 1 aromatic carbocycles. The van der Waals surface area contributed by atoms with Gasteiger partial charge in [-0.2, -0.15) is 0 Å². The molecule has 3 nitrogen and oxygen atoms in total. The van der Waals surface area contributed by atoms with Crippen LogP contribution in [0.3, 0.4) is 0 Å². The predicted octanol–water partition coefficient (Wildman–Crippen LogP) is 3.29. The van der Waals surface area contributed by atoms with Crippen LogP contribution in [0, 0.1) is 0 Å². The van der Waals surface area contributed by atoms with Crippen molar-refractivity contribution in [3.63, 3.8) is 0 Å². The Balaban J connectivity index is 3.01. The zero-order chi connectivity index (χ0) is 13.2. The van der Waals surface area contributed by atoms with E-state index in [1.54, 1.807) is 23.1 Å². The standard InChI is InChI=1S/C13H19BrN2O/c1-5-13(2,3)16(4)12(17)9-6-7-11(15)10(14)8-9/h6-8H,5,15H2,1-4H3. The summed E-state index contributed by atoms with van der Waals surface area (Å²) in [6.45, 7) is 6.18. The fraction of sp³-hybridized carbons (Fsp3) is 0.462. The second kappa shape index (κ2) is 5.08. The van der Waals surface area contributed by atoms with Crippen molar-refractivity contribution in [2.24, 2.45) is 0 Å². The molecule has 2 N–H and O–H groups in total. The minimum Gasteiger partial charge on any atom is -0.398 e. The topological polar surface area (TPSA) is 46.3 Å². The zero-order valence-electron chi connectivity index (χ0n) is 10.7. The van der Waals surface area contributed by atoms with Crippen LogP contribution in [0.1, 0.15) is 37.6 Å². The lowest BCUT2D eigenvalue weighted by Crippen LogP contribution is -2.44. The van der Waals surface area contributed by atoms with Gasteiger partial charge < -0.3 is 10.6 Å². The molecule has 0 radical (unpaired) electrons. The van der Waals surface area contributed by atoms with Gasteiger partial charge in [0.1, 0.15) is 0 Å². The SMILES string of the molecule is CCC(C)(C)N(C)C(=O)c1ccc(N)c(Br)c1. The van der Waals surface area contributed by atoms with Crippen LogP contribution in [0.4, 0.5) is 5.69 Å². The van der Waals surface area contributed by atoms with E-state index < -0.39 is 0 Å². The minimum absolute atomic E-state index is 0.0116. The molecule has 1 amide bonds. The molecule has 94 valence electrons. The summed E-state index contributed by atoms with van der Waals surface area (Å²) >= 11 is 3.34. The number of amides is 1. The average molecular weight is 299 g/mol. The number of nitrogens with two attached hydrogens (primary N) is 1. The van der Waals surface area contributed by atoms with Crippen LogP contribution >= 0.6 is 15.9 Å². The van der Waals surface area contributed by atoms with Crippen LogP contribution in [0.5, 0.6) is 0 Å². The van der Waals surface area contributed by atoms with Crippen LogP contribution in [-0.4, -0.2) is 23.4 Å². The molecule has 17 heavy (non-hydrogen) atoms. The summed E-state index contributed by atoms with van der Waals surface area (Å²) in [5.74, 6) is 0.0116. The Kier molecular flexibility index (Phi) is 4.20. The summed E-state index contributed by atoms with van der Waals surface area (Å²) in [5.41, 5.74) is 6.84. The molecule has 0 heterocycles. The summed E-state index contributed by atoms with van der Waals surface area (Å²) < 4.78 is 0.756. The highest BCUT2D eigenvalue weighted by molar-refractivity contribution is 9.10. The number of rotatable bonds is 3. The largest absolute Gasteiger partial charge is 0.398 e. The molecule has 0 aliphatic carbocycles. The van der Waals surface area contributed by atoms with Gasteiger partial charge >= 0.3 is 0 Å². The highest BCUT2D eigenvalue weighted by atomic mass is 79.9. The van der Waals surface area contributed by atoms with E-state index in [-0.39, 0.29) is 11.4 Å². The number of nitrogens with zero attached hydrogens (tertiary/aromatic N) is 1. The Labute approximate surface area is 111 Å². The molecule has 0 saturated carbocycles. The molecule has 1 rings (SSSR count). The number of hydrogen-bond acceptors (Lipinski definition) is 2. The molecule has 0 unspecified atom stereocenters. The lowest BCUT2D eigenvalue weighted by atomic mass is 9.99. The van der Waals surface area contributed by atoms with E-state index in [0.29, 0.717) is 11.3 Å². The first-order valence-corrected chi connectivity index (χ1v) is 6.42. The molecule has 0 saturated heterocycles. The van der Waals surface area contributed by atoms with Crippen LogP contribution in [0.25, 0.3) is 0 Å². The molecule has 0 aliphatic heterocycles. The third kappa shape index (κ3) is 3.00. The van der Waals surface area contributed by atoms with Gasteiger partial charge in [0.2, 0.25) is 0 Å². The summed E-state index contributed by atoms with van der Waals surface area (Å²) in [6, 6.07) is 5.26. The first-order chi connectivity index (χ1) is 7.79. The Morgan fingerprint density at radius 3 is 2.53 bits per heavy atom. The number of carbonyl (C=O) groups is 1. The van der Waals surface area contributed by atoms with Gasteiger partial charge in [0.25, 0.3) is 5.91 Å². The van der Waals surface area contributed by atoms with Crippen molar-refractivity contribution >= 4 is 27.5 Å². The average Bonchev–Trinajstić information content (AvgIpc) is 2.30. The van der Waals surface area contributed by atoms with Crippen LogP contribution in [-0.2, 0) is 0 Å². The molecule has 0 aliphatic rings. The highest BCUT2D eigenvalue weighted by Crippen LogP contribution is 2.24. The van der Waals surface area contributed by atoms with Crippen molar-refractivity contribution in [1.82, 2.24) is 4.90 Å². The summed E-state index contributed by atoms with van der Waals surface area (Å²) in [6.07, 6.45) is 0.908. The lowest BCUT2D eigenvalue weighted by Gasteiger charge is -2.35. The van der Waals surface area contributed by atoms with E-state index in [9.17, 15) is 4.79 Å². The van der Waals surface area contributed by atoms with E-state index >= 15 is 0 Å². The van der Waals surface area contributed by atoms with Crippen molar-refractivity contribution in [1.29, 1.82) is 0 Å². The quantitative estimate of drug-likeness (QED) is 0.871. The summed E-state index contributed by atoms with van der Waals surface area (Å²) in [4.78, 5) is 14.0. The number of carbonyl (C=O) groups excluding carboxylic acids is 1. The fourth-order valence-electron chi connectivity index (χ4n) is 1.37. The van der Waals surface area contributed by atoms with Crippen LogP contribution < -0.4 is 5.73 Å². The number of hydrogen-bond donors (Lipinski definition) is 1. The minimum atomic E-state index is -0.148. The second-order valence-corrected chi connectivity index (χ2v) is 5.62. The van der Waals surface area contributed by atoms with Gasteiger partial charge in [0, 0.05) is 28.3 Å². The van der Waals surface area contributed by atoms with Crippen LogP contribution in [0.2, 0.25) is 0 Å². The van der Waals surface area contributed by atoms with Gasteiger partial charge in [0.05, 0.1) is 0 Å². The van der Waals surface area contributed by atoms with E-state index in [2.05, 4.69) is 36.7 Å². The maximum atomic E-state index is 12.3. The molecule has 0 spiro atoms. The molecular formula is C13H19BrN2O. The van der Waals surface area contributed by atoms with E-state index in [0.717, 1.165) is 10.9 Å². The highest BCUT2D eigenvalue weighted by Gasteiger charge is 2.26. The van der Waals surface area contributed by atoms with Gasteiger partial charge in [-0.3, -0.25) is 4.79 Å². The first kappa shape index (κ1) is 14.0. The molecule has 0 bridgehead atoms. The van der Waals surface area contributed by atoms with Crippen molar-refractivity contribution in [3.8, 4) is 0 Å². The summed E-state index contributed by atoms with van der Waals surface area (Å²) in [5, 5.41) is 0. The third-order valence-electron chi connectivity index (χ3n) is 3.33. The fourth-order valence-corrected chi connectivity index (χ4v) is 1.74. The van der Waals surface area contributed by atoms with Gasteiger partial charge in [-0.1, -0.05) is 6.92 Å². The maximum absolute atomic E-state index is 12.3. The Bertz CT molecular complexity index is 429. The van der Waals surface area contributed by atoms with Gasteiger partial charge in [-0.15, -0.1) is 0 Å². The van der Waals surface area contributed by atoms with Crippen molar-refractivity contribution in [2.45, 2.75) is 32.7 Å². The van der Waals surface area contributed by atoms with E-state index in [1.807, 2.05) is 7.05 Å². The zero-order valence-corrected chi connectivity index (χ0v) is 12.3. The normalized spacial score (nSPS) is 11.4. The lowest BCUT2D eigenvalue weighted by molar-refractivity contribution is 0.0620. The molecule has 4 heteroatoms. The first-order valence-electron chi connectivity index (χ1n) is 5.62. The van der Waals surface area contributed by atoms with Crippen molar-refractivity contribution in [2.75, 3.05) is 12.8 Å². The third-order valence-corrected chi connectivity index (χ3v) is 4.01. The Morgan fingerprint density at radius 2 is 2.06 bits per heavy atom. The number of nitrogen functional groups attached to an aromatic ring is 1.